The fraction of sp³-hybridized carbons (Fsp3) is 0.895. The molecule has 0 radical (unpaired) electrons. The SMILES string of the molecule is CCOCCCNC(=NCC(=O)N(C)C)NCC1(CN(C)C)CCCC1. The number of aliphatic imine (C=N–C) groups is 1. The van der Waals surface area contributed by atoms with Gasteiger partial charge in [0.2, 0.25) is 5.91 Å². The quantitative estimate of drug-likeness (QED) is 0.325. The van der Waals surface area contributed by atoms with E-state index in [1.165, 1.54) is 25.7 Å². The Labute approximate surface area is 159 Å². The van der Waals surface area contributed by atoms with E-state index in [4.69, 9.17) is 4.74 Å². The molecular weight excluding hydrogens is 330 g/mol. The Hall–Kier alpha value is -1.34. The molecular formula is C19H39N5O2. The second-order valence-electron chi connectivity index (χ2n) is 7.73. The maximum Gasteiger partial charge on any atom is 0.243 e. The molecule has 0 aromatic carbocycles. The zero-order valence-electron chi connectivity index (χ0n) is 17.4. The third-order valence-electron chi connectivity index (χ3n) is 4.78. The van der Waals surface area contributed by atoms with Gasteiger partial charge in [0.1, 0.15) is 6.54 Å². The van der Waals surface area contributed by atoms with Gasteiger partial charge in [0, 0.05) is 52.4 Å². The number of hydrogen-bond donors (Lipinski definition) is 2. The number of likely N-dealkylation sites (N-methyl/N-ethyl adjacent to an activating group) is 1. The minimum absolute atomic E-state index is 0.00397. The summed E-state index contributed by atoms with van der Waals surface area (Å²) in [5.41, 5.74) is 0.294. The van der Waals surface area contributed by atoms with Crippen molar-refractivity contribution in [1.82, 2.24) is 20.4 Å². The van der Waals surface area contributed by atoms with E-state index in [2.05, 4.69) is 34.6 Å². The molecule has 1 aliphatic carbocycles. The monoisotopic (exact) mass is 369 g/mol. The summed E-state index contributed by atoms with van der Waals surface area (Å²) in [6.45, 7) is 6.38. The number of hydrogen-bond acceptors (Lipinski definition) is 4. The Morgan fingerprint density at radius 2 is 1.85 bits per heavy atom. The van der Waals surface area contributed by atoms with Gasteiger partial charge in [-0.2, -0.15) is 0 Å². The third kappa shape index (κ3) is 8.85. The van der Waals surface area contributed by atoms with Crippen LogP contribution in [0.3, 0.4) is 0 Å². The van der Waals surface area contributed by atoms with E-state index in [-0.39, 0.29) is 12.5 Å². The van der Waals surface area contributed by atoms with Crippen LogP contribution in [0.15, 0.2) is 4.99 Å². The van der Waals surface area contributed by atoms with E-state index in [0.29, 0.717) is 5.41 Å². The highest BCUT2D eigenvalue weighted by atomic mass is 16.5. The minimum atomic E-state index is 0.00397. The average molecular weight is 370 g/mol. The summed E-state index contributed by atoms with van der Waals surface area (Å²) in [5.74, 6) is 0.728. The largest absolute Gasteiger partial charge is 0.382 e. The van der Waals surface area contributed by atoms with Gasteiger partial charge in [-0.1, -0.05) is 12.8 Å². The van der Waals surface area contributed by atoms with Gasteiger partial charge in [-0.25, -0.2) is 4.99 Å². The van der Waals surface area contributed by atoms with Crippen LogP contribution >= 0.6 is 0 Å². The van der Waals surface area contributed by atoms with E-state index in [1.807, 2.05) is 6.92 Å². The lowest BCUT2D eigenvalue weighted by atomic mass is 9.85. The smallest absolute Gasteiger partial charge is 0.243 e. The topological polar surface area (TPSA) is 69.2 Å². The van der Waals surface area contributed by atoms with E-state index in [1.54, 1.807) is 19.0 Å². The highest BCUT2D eigenvalue weighted by molar-refractivity contribution is 5.84. The minimum Gasteiger partial charge on any atom is -0.382 e. The maximum absolute atomic E-state index is 11.9. The van der Waals surface area contributed by atoms with Crippen LogP contribution in [0.4, 0.5) is 0 Å². The lowest BCUT2D eigenvalue weighted by Crippen LogP contribution is -2.47. The molecule has 7 heteroatoms. The van der Waals surface area contributed by atoms with Gasteiger partial charge in [0.05, 0.1) is 0 Å². The van der Waals surface area contributed by atoms with E-state index in [0.717, 1.165) is 45.2 Å². The number of carbonyl (C=O) groups excluding carboxylic acids is 1. The van der Waals surface area contributed by atoms with Crippen molar-refractivity contribution in [3.8, 4) is 0 Å². The summed E-state index contributed by atoms with van der Waals surface area (Å²) in [6, 6.07) is 0. The molecule has 0 saturated heterocycles. The van der Waals surface area contributed by atoms with Crippen LogP contribution in [0, 0.1) is 5.41 Å². The molecule has 0 unspecified atom stereocenters. The van der Waals surface area contributed by atoms with E-state index in [9.17, 15) is 4.79 Å². The summed E-state index contributed by atoms with van der Waals surface area (Å²) >= 11 is 0. The predicted molar refractivity (Wildman–Crippen MR) is 108 cm³/mol. The molecule has 0 aromatic rings. The molecule has 0 aliphatic heterocycles. The summed E-state index contributed by atoms with van der Waals surface area (Å²) in [4.78, 5) is 20.2. The average Bonchev–Trinajstić information content (AvgIpc) is 3.03. The van der Waals surface area contributed by atoms with Crippen molar-refractivity contribution in [3.63, 3.8) is 0 Å². The lowest BCUT2D eigenvalue weighted by molar-refractivity contribution is -0.127. The van der Waals surface area contributed by atoms with Crippen molar-refractivity contribution in [1.29, 1.82) is 0 Å². The van der Waals surface area contributed by atoms with Crippen LogP contribution < -0.4 is 10.6 Å². The van der Waals surface area contributed by atoms with Crippen LogP contribution in [0.2, 0.25) is 0 Å². The first-order valence-electron chi connectivity index (χ1n) is 9.83. The Bertz CT molecular complexity index is 432. The third-order valence-corrected chi connectivity index (χ3v) is 4.78. The van der Waals surface area contributed by atoms with Gasteiger partial charge in [-0.15, -0.1) is 0 Å². The molecule has 26 heavy (non-hydrogen) atoms. The Morgan fingerprint density at radius 1 is 1.15 bits per heavy atom. The standard InChI is InChI=1S/C19H39N5O2/c1-6-26-13-9-12-20-18(21-14-17(25)24(4)5)22-15-19(16-23(2)3)10-7-8-11-19/h6-16H2,1-5H3,(H2,20,21,22). The van der Waals surface area contributed by atoms with Gasteiger partial charge in [-0.05, 0) is 40.3 Å². The van der Waals surface area contributed by atoms with Crippen molar-refractivity contribution in [2.24, 2.45) is 10.4 Å². The molecule has 0 bridgehead atoms. The van der Waals surface area contributed by atoms with E-state index < -0.39 is 0 Å². The molecule has 0 aromatic heterocycles. The van der Waals surface area contributed by atoms with Crippen molar-refractivity contribution in [3.05, 3.63) is 0 Å². The fourth-order valence-electron chi connectivity index (χ4n) is 3.45. The normalized spacial score (nSPS) is 16.8. The fourth-order valence-corrected chi connectivity index (χ4v) is 3.45. The van der Waals surface area contributed by atoms with Crippen molar-refractivity contribution < 1.29 is 9.53 Å². The predicted octanol–water partition coefficient (Wildman–Crippen LogP) is 1.16. The molecule has 0 spiro atoms. The molecule has 1 saturated carbocycles. The Balaban J connectivity index is 2.61. The number of nitrogens with zero attached hydrogens (tertiary/aromatic N) is 3. The van der Waals surface area contributed by atoms with E-state index >= 15 is 0 Å². The second kappa shape index (κ2) is 12.1. The highest BCUT2D eigenvalue weighted by Crippen LogP contribution is 2.37. The molecule has 152 valence electrons. The van der Waals surface area contributed by atoms with Crippen molar-refractivity contribution >= 4 is 11.9 Å². The number of rotatable bonds is 11. The van der Waals surface area contributed by atoms with Crippen LogP contribution in [-0.4, -0.2) is 89.3 Å². The summed E-state index contributed by atoms with van der Waals surface area (Å²) in [5, 5.41) is 6.84. The molecule has 2 N–H and O–H groups in total. The first kappa shape index (κ1) is 22.7. The molecule has 0 heterocycles. The van der Waals surface area contributed by atoms with Gasteiger partial charge in [0.25, 0.3) is 0 Å². The van der Waals surface area contributed by atoms with Gasteiger partial charge in [0.15, 0.2) is 5.96 Å². The second-order valence-corrected chi connectivity index (χ2v) is 7.73. The summed E-state index contributed by atoms with van der Waals surface area (Å²) in [7, 11) is 7.78. The van der Waals surface area contributed by atoms with Crippen LogP contribution in [0.25, 0.3) is 0 Å². The first-order chi connectivity index (χ1) is 12.4. The van der Waals surface area contributed by atoms with Crippen LogP contribution in [0.5, 0.6) is 0 Å². The number of amides is 1. The van der Waals surface area contributed by atoms with Gasteiger partial charge >= 0.3 is 0 Å². The zero-order valence-corrected chi connectivity index (χ0v) is 17.4. The van der Waals surface area contributed by atoms with Crippen molar-refractivity contribution in [2.75, 3.05) is 67.6 Å². The number of guanidine groups is 1. The van der Waals surface area contributed by atoms with Gasteiger partial charge in [-0.3, -0.25) is 4.79 Å². The summed E-state index contributed by atoms with van der Waals surface area (Å²) < 4.78 is 5.38. The molecule has 7 nitrogen and oxygen atoms in total. The first-order valence-corrected chi connectivity index (χ1v) is 9.83. The number of ether oxygens (including phenoxy) is 1. The Kier molecular flexibility index (Phi) is 10.6. The zero-order chi connectivity index (χ0) is 19.4. The van der Waals surface area contributed by atoms with Gasteiger partial charge < -0.3 is 25.2 Å². The number of nitrogens with one attached hydrogen (secondary N) is 2. The molecule has 1 amide bonds. The van der Waals surface area contributed by atoms with Crippen LogP contribution in [0.1, 0.15) is 39.0 Å². The summed E-state index contributed by atoms with van der Waals surface area (Å²) in [6.07, 6.45) is 5.99. The molecule has 1 fully saturated rings. The van der Waals surface area contributed by atoms with Crippen molar-refractivity contribution in [2.45, 2.75) is 39.0 Å². The number of carbonyl (C=O) groups is 1. The van der Waals surface area contributed by atoms with Crippen LogP contribution in [-0.2, 0) is 9.53 Å². The Morgan fingerprint density at radius 3 is 2.42 bits per heavy atom. The molecule has 0 atom stereocenters. The lowest BCUT2D eigenvalue weighted by Gasteiger charge is -2.33. The molecule has 1 aliphatic rings. The molecule has 1 rings (SSSR count). The highest BCUT2D eigenvalue weighted by Gasteiger charge is 2.34. The maximum atomic E-state index is 11.9.